The van der Waals surface area contributed by atoms with Crippen LogP contribution >= 0.6 is 12.4 Å². The molecule has 0 radical (unpaired) electrons. The highest BCUT2D eigenvalue weighted by molar-refractivity contribution is 5.85. The number of rotatable bonds is 3. The van der Waals surface area contributed by atoms with Crippen molar-refractivity contribution in [3.05, 3.63) is 48.3 Å². The van der Waals surface area contributed by atoms with E-state index >= 15 is 0 Å². The fraction of sp³-hybridized carbons (Fsp3) is 0.400. The van der Waals surface area contributed by atoms with Crippen LogP contribution in [0.5, 0.6) is 0 Å². The number of piperidine rings is 1. The fourth-order valence-corrected chi connectivity index (χ4v) is 2.53. The number of hydrogen-bond donors (Lipinski definition) is 1. The van der Waals surface area contributed by atoms with Gasteiger partial charge in [0, 0.05) is 24.3 Å². The van der Waals surface area contributed by atoms with Crippen molar-refractivity contribution in [1.82, 2.24) is 14.7 Å². The molecular weight excluding hydrogens is 272 g/mol. The van der Waals surface area contributed by atoms with Gasteiger partial charge in [-0.15, -0.1) is 12.4 Å². The molecule has 1 fully saturated rings. The lowest BCUT2D eigenvalue weighted by atomic mass is 10.1. The van der Waals surface area contributed by atoms with Gasteiger partial charge in [-0.05, 0) is 38.1 Å². The molecule has 0 bridgehead atoms. The molecule has 1 aromatic carbocycles. The molecule has 2 N–H and O–H groups in total. The predicted octanol–water partition coefficient (Wildman–Crippen LogP) is 2.22. The van der Waals surface area contributed by atoms with Crippen molar-refractivity contribution >= 4 is 12.4 Å². The van der Waals surface area contributed by atoms with Crippen molar-refractivity contribution in [2.24, 2.45) is 5.73 Å². The molecule has 5 heteroatoms. The minimum atomic E-state index is 0. The van der Waals surface area contributed by atoms with Gasteiger partial charge in [0.25, 0.3) is 0 Å². The number of halogens is 1. The van der Waals surface area contributed by atoms with E-state index in [1.54, 1.807) is 0 Å². The van der Waals surface area contributed by atoms with E-state index in [1.807, 2.05) is 29.1 Å². The van der Waals surface area contributed by atoms with Crippen molar-refractivity contribution in [1.29, 1.82) is 0 Å². The number of likely N-dealkylation sites (tertiary alicyclic amines) is 1. The number of para-hydroxylation sites is 1. The standard InChI is InChI=1S/C15H20N4.ClH/c16-14-6-8-18(9-7-14)11-13-10-17-19(12-13)15-4-2-1-3-5-15;/h1-5,10,12,14H,6-9,11,16H2;1H. The zero-order chi connectivity index (χ0) is 13.1. The summed E-state index contributed by atoms with van der Waals surface area (Å²) in [6.45, 7) is 3.16. The molecule has 0 atom stereocenters. The van der Waals surface area contributed by atoms with Crippen LogP contribution in [0, 0.1) is 0 Å². The molecule has 1 saturated heterocycles. The largest absolute Gasteiger partial charge is 0.328 e. The highest BCUT2D eigenvalue weighted by Gasteiger charge is 2.16. The van der Waals surface area contributed by atoms with Gasteiger partial charge in [-0.2, -0.15) is 5.10 Å². The van der Waals surface area contributed by atoms with Crippen LogP contribution < -0.4 is 5.73 Å². The first-order valence-corrected chi connectivity index (χ1v) is 6.88. The highest BCUT2D eigenvalue weighted by atomic mass is 35.5. The maximum atomic E-state index is 5.93. The summed E-state index contributed by atoms with van der Waals surface area (Å²) in [5, 5.41) is 4.43. The first kappa shape index (κ1) is 15.0. The Hall–Kier alpha value is -1.36. The second-order valence-corrected chi connectivity index (χ2v) is 5.24. The Labute approximate surface area is 126 Å². The van der Waals surface area contributed by atoms with E-state index in [-0.39, 0.29) is 12.4 Å². The van der Waals surface area contributed by atoms with E-state index in [0.29, 0.717) is 6.04 Å². The Morgan fingerprint density at radius 1 is 1.15 bits per heavy atom. The van der Waals surface area contributed by atoms with E-state index in [2.05, 4.69) is 28.3 Å². The Kier molecular flexibility index (Phi) is 5.17. The Balaban J connectivity index is 0.00000147. The van der Waals surface area contributed by atoms with Gasteiger partial charge in [-0.25, -0.2) is 4.68 Å². The van der Waals surface area contributed by atoms with Crippen molar-refractivity contribution < 1.29 is 0 Å². The maximum absolute atomic E-state index is 5.93. The van der Waals surface area contributed by atoms with Crippen LogP contribution in [0.2, 0.25) is 0 Å². The third-order valence-electron chi connectivity index (χ3n) is 3.70. The summed E-state index contributed by atoms with van der Waals surface area (Å²) < 4.78 is 1.94. The van der Waals surface area contributed by atoms with Crippen molar-refractivity contribution in [2.75, 3.05) is 13.1 Å². The zero-order valence-corrected chi connectivity index (χ0v) is 12.3. The second-order valence-electron chi connectivity index (χ2n) is 5.24. The molecule has 2 aromatic rings. The minimum absolute atomic E-state index is 0. The molecule has 0 spiro atoms. The lowest BCUT2D eigenvalue weighted by Gasteiger charge is -2.29. The predicted molar refractivity (Wildman–Crippen MR) is 83.3 cm³/mol. The van der Waals surface area contributed by atoms with E-state index in [0.717, 1.165) is 38.2 Å². The number of aromatic nitrogens is 2. The average molecular weight is 293 g/mol. The molecule has 1 aliphatic heterocycles. The van der Waals surface area contributed by atoms with Crippen LogP contribution in [0.1, 0.15) is 18.4 Å². The molecule has 2 heterocycles. The third-order valence-corrected chi connectivity index (χ3v) is 3.70. The molecule has 20 heavy (non-hydrogen) atoms. The normalized spacial score (nSPS) is 16.9. The Morgan fingerprint density at radius 3 is 2.55 bits per heavy atom. The number of hydrogen-bond acceptors (Lipinski definition) is 3. The Morgan fingerprint density at radius 2 is 1.85 bits per heavy atom. The summed E-state index contributed by atoms with van der Waals surface area (Å²) in [6.07, 6.45) is 6.28. The van der Waals surface area contributed by atoms with Crippen LogP contribution in [0.3, 0.4) is 0 Å². The molecule has 4 nitrogen and oxygen atoms in total. The molecule has 0 aliphatic carbocycles. The second kappa shape index (κ2) is 6.88. The fourth-order valence-electron chi connectivity index (χ4n) is 2.53. The van der Waals surface area contributed by atoms with Gasteiger partial charge in [-0.3, -0.25) is 4.90 Å². The summed E-state index contributed by atoms with van der Waals surface area (Å²) in [6, 6.07) is 10.6. The number of benzene rings is 1. The van der Waals surface area contributed by atoms with Crippen molar-refractivity contribution in [3.8, 4) is 5.69 Å². The highest BCUT2D eigenvalue weighted by Crippen LogP contribution is 2.13. The first-order chi connectivity index (χ1) is 9.31. The monoisotopic (exact) mass is 292 g/mol. The summed E-state index contributed by atoms with van der Waals surface area (Å²) in [4.78, 5) is 2.45. The van der Waals surface area contributed by atoms with Crippen LogP contribution in [-0.4, -0.2) is 33.8 Å². The van der Waals surface area contributed by atoms with E-state index in [1.165, 1.54) is 5.56 Å². The molecule has 108 valence electrons. The van der Waals surface area contributed by atoms with Crippen LogP contribution in [0.15, 0.2) is 42.7 Å². The summed E-state index contributed by atoms with van der Waals surface area (Å²) in [5.74, 6) is 0. The maximum Gasteiger partial charge on any atom is 0.0645 e. The smallest absolute Gasteiger partial charge is 0.0645 e. The topological polar surface area (TPSA) is 47.1 Å². The first-order valence-electron chi connectivity index (χ1n) is 6.88. The summed E-state index contributed by atoms with van der Waals surface area (Å²) in [5.41, 5.74) is 8.30. The third kappa shape index (κ3) is 3.60. The minimum Gasteiger partial charge on any atom is -0.328 e. The van der Waals surface area contributed by atoms with Crippen molar-refractivity contribution in [3.63, 3.8) is 0 Å². The summed E-state index contributed by atoms with van der Waals surface area (Å²) in [7, 11) is 0. The van der Waals surface area contributed by atoms with Gasteiger partial charge in [0.15, 0.2) is 0 Å². The van der Waals surface area contributed by atoms with Crippen LogP contribution in [-0.2, 0) is 6.54 Å². The lowest BCUT2D eigenvalue weighted by Crippen LogP contribution is -2.39. The SMILES string of the molecule is Cl.NC1CCN(Cc2cnn(-c3ccccc3)c2)CC1. The van der Waals surface area contributed by atoms with Gasteiger partial charge in [0.2, 0.25) is 0 Å². The van der Waals surface area contributed by atoms with Crippen molar-refractivity contribution in [2.45, 2.75) is 25.4 Å². The molecule has 0 amide bonds. The van der Waals surface area contributed by atoms with E-state index in [4.69, 9.17) is 5.73 Å². The number of nitrogens with zero attached hydrogens (tertiary/aromatic N) is 3. The molecule has 1 aliphatic rings. The zero-order valence-electron chi connectivity index (χ0n) is 11.5. The van der Waals surface area contributed by atoms with E-state index < -0.39 is 0 Å². The molecule has 0 saturated carbocycles. The molecular formula is C15H21ClN4. The quantitative estimate of drug-likeness (QED) is 0.943. The summed E-state index contributed by atoms with van der Waals surface area (Å²) >= 11 is 0. The van der Waals surface area contributed by atoms with Gasteiger partial charge >= 0.3 is 0 Å². The molecule has 1 aromatic heterocycles. The average Bonchev–Trinajstić information content (AvgIpc) is 2.91. The van der Waals surface area contributed by atoms with E-state index in [9.17, 15) is 0 Å². The van der Waals surface area contributed by atoms with Crippen LogP contribution in [0.25, 0.3) is 5.69 Å². The lowest BCUT2D eigenvalue weighted by molar-refractivity contribution is 0.205. The van der Waals surface area contributed by atoms with Gasteiger partial charge in [0.1, 0.15) is 0 Å². The molecule has 3 rings (SSSR count). The molecule has 0 unspecified atom stereocenters. The van der Waals surface area contributed by atoms with Gasteiger partial charge < -0.3 is 5.73 Å². The Bertz CT molecular complexity index is 518. The number of nitrogens with two attached hydrogens (primary N) is 1. The van der Waals surface area contributed by atoms with Crippen LogP contribution in [0.4, 0.5) is 0 Å². The van der Waals surface area contributed by atoms with Gasteiger partial charge in [0.05, 0.1) is 11.9 Å². The van der Waals surface area contributed by atoms with Gasteiger partial charge in [-0.1, -0.05) is 18.2 Å².